The van der Waals surface area contributed by atoms with Crippen molar-refractivity contribution in [3.05, 3.63) is 65.2 Å². The number of rotatable bonds is 6. The molecule has 0 spiro atoms. The van der Waals surface area contributed by atoms with E-state index in [0.29, 0.717) is 24.4 Å². The molecule has 1 N–H and O–H groups in total. The monoisotopic (exact) mass is 449 g/mol. The van der Waals surface area contributed by atoms with Gasteiger partial charge in [0, 0.05) is 19.0 Å². The van der Waals surface area contributed by atoms with Crippen molar-refractivity contribution in [2.24, 2.45) is 0 Å². The Morgan fingerprint density at radius 2 is 1.81 bits per heavy atom. The number of halogens is 3. The van der Waals surface area contributed by atoms with Crippen LogP contribution in [-0.2, 0) is 22.2 Å². The van der Waals surface area contributed by atoms with E-state index in [0.717, 1.165) is 30.5 Å². The normalized spacial score (nSPS) is 17.2. The molecule has 1 aliphatic rings. The number of hydrogen-bond donors (Lipinski definition) is 1. The summed E-state index contributed by atoms with van der Waals surface area (Å²) in [4.78, 5) is 25.8. The predicted octanol–water partition coefficient (Wildman–Crippen LogP) is 4.90. The minimum absolute atomic E-state index is 0.0425. The molecule has 172 valence electrons. The lowest BCUT2D eigenvalue weighted by molar-refractivity contribution is -0.152. The fourth-order valence-corrected chi connectivity index (χ4v) is 3.74. The first-order chi connectivity index (χ1) is 15.0. The molecular weight excluding hydrogens is 423 g/mol. The molecule has 0 bridgehead atoms. The number of likely N-dealkylation sites (tertiary alicyclic amines) is 1. The van der Waals surface area contributed by atoms with Gasteiger partial charge in [0.2, 0.25) is 5.91 Å². The van der Waals surface area contributed by atoms with Crippen LogP contribution in [0, 0.1) is 0 Å². The molecular formula is C24H26F3NO4. The van der Waals surface area contributed by atoms with Gasteiger partial charge in [-0.25, -0.2) is 4.79 Å². The lowest BCUT2D eigenvalue weighted by Gasteiger charge is -2.33. The van der Waals surface area contributed by atoms with Gasteiger partial charge < -0.3 is 14.7 Å². The van der Waals surface area contributed by atoms with E-state index in [9.17, 15) is 27.9 Å². The van der Waals surface area contributed by atoms with Gasteiger partial charge in [0.15, 0.2) is 5.60 Å². The molecule has 1 saturated heterocycles. The first-order valence-corrected chi connectivity index (χ1v) is 10.4. The fraction of sp³-hybridized carbons (Fsp3) is 0.417. The van der Waals surface area contributed by atoms with Gasteiger partial charge in [-0.1, -0.05) is 24.3 Å². The van der Waals surface area contributed by atoms with E-state index in [2.05, 4.69) is 0 Å². The van der Waals surface area contributed by atoms with Gasteiger partial charge >= 0.3 is 12.1 Å². The highest BCUT2D eigenvalue weighted by Crippen LogP contribution is 2.31. The average molecular weight is 449 g/mol. The Morgan fingerprint density at radius 1 is 1.12 bits per heavy atom. The van der Waals surface area contributed by atoms with Crippen molar-refractivity contribution in [3.8, 4) is 5.75 Å². The molecule has 0 unspecified atom stereocenters. The maximum absolute atomic E-state index is 12.8. The van der Waals surface area contributed by atoms with Crippen molar-refractivity contribution < 1.29 is 32.6 Å². The van der Waals surface area contributed by atoms with Gasteiger partial charge in [0.25, 0.3) is 0 Å². The van der Waals surface area contributed by atoms with E-state index >= 15 is 0 Å². The number of carbonyl (C=O) groups is 2. The number of carbonyl (C=O) groups excluding carboxylic acids is 1. The van der Waals surface area contributed by atoms with Crippen LogP contribution in [0.15, 0.2) is 48.5 Å². The lowest BCUT2D eigenvalue weighted by atomic mass is 9.90. The quantitative estimate of drug-likeness (QED) is 0.682. The van der Waals surface area contributed by atoms with Crippen LogP contribution < -0.4 is 4.74 Å². The minimum Gasteiger partial charge on any atom is -0.478 e. The third kappa shape index (κ3) is 5.81. The second-order valence-electron chi connectivity index (χ2n) is 8.54. The second kappa shape index (κ2) is 9.22. The standard InChI is InChI=1S/C24H26F3NO4/c1-23(2,22(30)31)32-20-7-3-5-17(14-20)18-6-4-12-28(15-18)21(29)13-16-8-10-19(11-9-16)24(25,26)27/h3,5,7-11,14,18H,4,6,12-13,15H2,1-2H3,(H,30,31)/t18-/m1/s1. The van der Waals surface area contributed by atoms with Crippen molar-refractivity contribution >= 4 is 11.9 Å². The molecule has 0 saturated carbocycles. The molecule has 2 aromatic rings. The molecule has 1 fully saturated rings. The average Bonchev–Trinajstić information content (AvgIpc) is 2.73. The lowest BCUT2D eigenvalue weighted by Crippen LogP contribution is -2.40. The number of ether oxygens (including phenoxy) is 1. The SMILES string of the molecule is CC(C)(Oc1cccc([C@@H]2CCCN(C(=O)Cc3ccc(C(F)(F)F)cc3)C2)c1)C(=O)O. The number of carboxylic acids is 1. The van der Waals surface area contributed by atoms with E-state index in [1.807, 2.05) is 6.07 Å². The third-order valence-corrected chi connectivity index (χ3v) is 5.63. The van der Waals surface area contributed by atoms with E-state index in [1.165, 1.54) is 26.0 Å². The van der Waals surface area contributed by atoms with Crippen LogP contribution in [0.25, 0.3) is 0 Å². The summed E-state index contributed by atoms with van der Waals surface area (Å²) in [6, 6.07) is 11.9. The summed E-state index contributed by atoms with van der Waals surface area (Å²) in [5.41, 5.74) is -0.610. The molecule has 2 aromatic carbocycles. The molecule has 0 aliphatic carbocycles. The van der Waals surface area contributed by atoms with Gasteiger partial charge in [-0.05, 0) is 62.1 Å². The second-order valence-corrected chi connectivity index (χ2v) is 8.54. The molecule has 32 heavy (non-hydrogen) atoms. The number of piperidine rings is 1. The van der Waals surface area contributed by atoms with E-state index in [1.54, 1.807) is 23.1 Å². The topological polar surface area (TPSA) is 66.8 Å². The third-order valence-electron chi connectivity index (χ3n) is 5.63. The number of benzene rings is 2. The smallest absolute Gasteiger partial charge is 0.416 e. The van der Waals surface area contributed by atoms with Crippen LogP contribution in [0.4, 0.5) is 13.2 Å². The van der Waals surface area contributed by atoms with Crippen LogP contribution in [0.1, 0.15) is 49.3 Å². The molecule has 1 amide bonds. The van der Waals surface area contributed by atoms with Crippen molar-refractivity contribution in [2.75, 3.05) is 13.1 Å². The Kier molecular flexibility index (Phi) is 6.81. The summed E-state index contributed by atoms with van der Waals surface area (Å²) in [5, 5.41) is 9.27. The summed E-state index contributed by atoms with van der Waals surface area (Å²) in [7, 11) is 0. The van der Waals surface area contributed by atoms with Gasteiger partial charge in [-0.2, -0.15) is 13.2 Å². The van der Waals surface area contributed by atoms with Gasteiger partial charge in [-0.3, -0.25) is 4.79 Å². The Labute approximate surface area is 184 Å². The molecule has 5 nitrogen and oxygen atoms in total. The molecule has 1 atom stereocenters. The summed E-state index contributed by atoms with van der Waals surface area (Å²) in [6.07, 6.45) is -2.69. The van der Waals surface area contributed by atoms with Gasteiger partial charge in [0.05, 0.1) is 12.0 Å². The number of amides is 1. The fourth-order valence-electron chi connectivity index (χ4n) is 3.74. The van der Waals surface area contributed by atoms with Crippen molar-refractivity contribution in [1.82, 2.24) is 4.90 Å². The highest BCUT2D eigenvalue weighted by atomic mass is 19.4. The molecule has 1 aliphatic heterocycles. The van der Waals surface area contributed by atoms with E-state index in [-0.39, 0.29) is 18.2 Å². The number of nitrogens with zero attached hydrogens (tertiary/aromatic N) is 1. The van der Waals surface area contributed by atoms with Gasteiger partial charge in [0.1, 0.15) is 5.75 Å². The minimum atomic E-state index is -4.40. The van der Waals surface area contributed by atoms with E-state index < -0.39 is 23.3 Å². The molecule has 8 heteroatoms. The van der Waals surface area contributed by atoms with Crippen molar-refractivity contribution in [2.45, 2.75) is 50.8 Å². The maximum Gasteiger partial charge on any atom is 0.416 e. The summed E-state index contributed by atoms with van der Waals surface area (Å²) >= 11 is 0. The summed E-state index contributed by atoms with van der Waals surface area (Å²) in [6.45, 7) is 4.04. The molecule has 1 heterocycles. The first kappa shape index (κ1) is 23.6. The molecule has 0 radical (unpaired) electrons. The van der Waals surface area contributed by atoms with Crippen LogP contribution in [-0.4, -0.2) is 40.6 Å². The van der Waals surface area contributed by atoms with Crippen LogP contribution in [0.2, 0.25) is 0 Å². The van der Waals surface area contributed by atoms with Gasteiger partial charge in [-0.15, -0.1) is 0 Å². The molecule has 0 aromatic heterocycles. The van der Waals surface area contributed by atoms with E-state index in [4.69, 9.17) is 4.74 Å². The highest BCUT2D eigenvalue weighted by Gasteiger charge is 2.31. The highest BCUT2D eigenvalue weighted by molar-refractivity contribution is 5.79. The zero-order chi connectivity index (χ0) is 23.5. The van der Waals surface area contributed by atoms with Crippen molar-refractivity contribution in [1.29, 1.82) is 0 Å². The zero-order valence-corrected chi connectivity index (χ0v) is 18.0. The van der Waals surface area contributed by atoms with Crippen LogP contribution >= 0.6 is 0 Å². The first-order valence-electron chi connectivity index (χ1n) is 10.4. The largest absolute Gasteiger partial charge is 0.478 e. The number of hydrogen-bond acceptors (Lipinski definition) is 3. The Bertz CT molecular complexity index is 970. The zero-order valence-electron chi connectivity index (χ0n) is 18.0. The number of alkyl halides is 3. The van der Waals surface area contributed by atoms with Crippen molar-refractivity contribution in [3.63, 3.8) is 0 Å². The Hall–Kier alpha value is -3.03. The number of aliphatic carboxylic acids is 1. The van der Waals surface area contributed by atoms with Crippen LogP contribution in [0.5, 0.6) is 5.75 Å². The Balaban J connectivity index is 1.65. The summed E-state index contributed by atoms with van der Waals surface area (Å²) in [5.74, 6) is -0.686. The summed E-state index contributed by atoms with van der Waals surface area (Å²) < 4.78 is 43.8. The van der Waals surface area contributed by atoms with Crippen LogP contribution in [0.3, 0.4) is 0 Å². The maximum atomic E-state index is 12.8. The predicted molar refractivity (Wildman–Crippen MR) is 112 cm³/mol. The number of carboxylic acid groups (broad SMARTS) is 1. The Morgan fingerprint density at radius 3 is 2.44 bits per heavy atom. The molecule has 3 rings (SSSR count).